The van der Waals surface area contributed by atoms with Gasteiger partial charge in [0.15, 0.2) is 0 Å². The van der Waals surface area contributed by atoms with Crippen molar-refractivity contribution in [3.8, 4) is 0 Å². The Hall–Kier alpha value is -1.03. The fourth-order valence-electron chi connectivity index (χ4n) is 2.49. The zero-order valence-electron chi connectivity index (χ0n) is 11.2. The molecule has 1 saturated heterocycles. The van der Waals surface area contributed by atoms with E-state index in [9.17, 15) is 0 Å². The second-order valence-electron chi connectivity index (χ2n) is 6.19. The molecule has 0 saturated carbocycles. The third kappa shape index (κ3) is 3.22. The van der Waals surface area contributed by atoms with Crippen LogP contribution in [0.25, 0.3) is 0 Å². The van der Waals surface area contributed by atoms with Gasteiger partial charge >= 0.3 is 0 Å². The van der Waals surface area contributed by atoms with Crippen LogP contribution in [-0.4, -0.2) is 34.3 Å². The van der Waals surface area contributed by atoms with Crippen LogP contribution in [0.2, 0.25) is 0 Å². The third-order valence-corrected chi connectivity index (χ3v) is 3.80. The van der Waals surface area contributed by atoms with Crippen molar-refractivity contribution in [1.29, 1.82) is 0 Å². The summed E-state index contributed by atoms with van der Waals surface area (Å²) in [4.78, 5) is 2.54. The number of rotatable bonds is 3. The van der Waals surface area contributed by atoms with Gasteiger partial charge in [0.2, 0.25) is 0 Å². The van der Waals surface area contributed by atoms with Gasteiger partial charge in [-0.3, -0.25) is 4.68 Å². The molecule has 96 valence electrons. The molecule has 1 aromatic heterocycles. The SMILES string of the molecule is CC(C)(C)C1CCN(CCn2cc(N)cn2)C1. The first-order chi connectivity index (χ1) is 7.95. The first kappa shape index (κ1) is 12.4. The highest BCUT2D eigenvalue weighted by molar-refractivity contribution is 5.30. The van der Waals surface area contributed by atoms with Crippen molar-refractivity contribution in [3.05, 3.63) is 12.4 Å². The van der Waals surface area contributed by atoms with E-state index in [0.717, 1.165) is 24.7 Å². The van der Waals surface area contributed by atoms with Gasteiger partial charge in [0.1, 0.15) is 0 Å². The van der Waals surface area contributed by atoms with Gasteiger partial charge in [0, 0.05) is 19.3 Å². The van der Waals surface area contributed by atoms with Crippen molar-refractivity contribution < 1.29 is 0 Å². The van der Waals surface area contributed by atoms with E-state index in [1.807, 2.05) is 10.9 Å². The van der Waals surface area contributed by atoms with Crippen LogP contribution in [0.3, 0.4) is 0 Å². The van der Waals surface area contributed by atoms with Gasteiger partial charge in [-0.05, 0) is 24.3 Å². The molecule has 1 aliphatic heterocycles. The van der Waals surface area contributed by atoms with Crippen LogP contribution in [0.1, 0.15) is 27.2 Å². The summed E-state index contributed by atoms with van der Waals surface area (Å²) >= 11 is 0. The first-order valence-electron chi connectivity index (χ1n) is 6.45. The molecule has 1 unspecified atom stereocenters. The molecule has 0 spiro atoms. The number of nitrogens with zero attached hydrogens (tertiary/aromatic N) is 3. The van der Waals surface area contributed by atoms with E-state index in [1.54, 1.807) is 6.20 Å². The Balaban J connectivity index is 1.79. The van der Waals surface area contributed by atoms with E-state index in [0.29, 0.717) is 5.41 Å². The zero-order chi connectivity index (χ0) is 12.5. The maximum absolute atomic E-state index is 5.64. The number of nitrogen functional groups attached to an aromatic ring is 1. The Bertz CT molecular complexity index is 364. The number of anilines is 1. The molecule has 2 heterocycles. The minimum Gasteiger partial charge on any atom is -0.396 e. The Labute approximate surface area is 104 Å². The molecule has 2 rings (SSSR count). The summed E-state index contributed by atoms with van der Waals surface area (Å²) in [5, 5.41) is 4.21. The fraction of sp³-hybridized carbons (Fsp3) is 0.769. The van der Waals surface area contributed by atoms with Crippen LogP contribution in [0.15, 0.2) is 12.4 Å². The van der Waals surface area contributed by atoms with E-state index in [4.69, 9.17) is 5.73 Å². The molecule has 4 nitrogen and oxygen atoms in total. The maximum atomic E-state index is 5.64. The van der Waals surface area contributed by atoms with Gasteiger partial charge in [-0.2, -0.15) is 5.10 Å². The van der Waals surface area contributed by atoms with Crippen LogP contribution in [0.5, 0.6) is 0 Å². The van der Waals surface area contributed by atoms with Crippen molar-refractivity contribution in [3.63, 3.8) is 0 Å². The second-order valence-corrected chi connectivity index (χ2v) is 6.19. The Kier molecular flexibility index (Phi) is 3.43. The van der Waals surface area contributed by atoms with Crippen LogP contribution >= 0.6 is 0 Å². The number of hydrogen-bond donors (Lipinski definition) is 1. The van der Waals surface area contributed by atoms with Gasteiger partial charge in [0.05, 0.1) is 18.4 Å². The minimum atomic E-state index is 0.435. The molecule has 1 aliphatic rings. The van der Waals surface area contributed by atoms with Crippen LogP contribution in [0.4, 0.5) is 5.69 Å². The lowest BCUT2D eigenvalue weighted by Crippen LogP contribution is -2.28. The molecule has 1 aromatic rings. The lowest BCUT2D eigenvalue weighted by atomic mass is 9.80. The van der Waals surface area contributed by atoms with Gasteiger partial charge in [-0.15, -0.1) is 0 Å². The third-order valence-electron chi connectivity index (χ3n) is 3.80. The highest BCUT2D eigenvalue weighted by Crippen LogP contribution is 2.33. The summed E-state index contributed by atoms with van der Waals surface area (Å²) in [6.07, 6.45) is 4.93. The quantitative estimate of drug-likeness (QED) is 0.871. The molecule has 0 amide bonds. The molecule has 1 atom stereocenters. The number of hydrogen-bond acceptors (Lipinski definition) is 3. The van der Waals surface area contributed by atoms with Crippen molar-refractivity contribution in [2.24, 2.45) is 11.3 Å². The summed E-state index contributed by atoms with van der Waals surface area (Å²) in [5.74, 6) is 0.824. The average molecular weight is 236 g/mol. The maximum Gasteiger partial charge on any atom is 0.0719 e. The molecular weight excluding hydrogens is 212 g/mol. The lowest BCUT2D eigenvalue weighted by Gasteiger charge is -2.27. The summed E-state index contributed by atoms with van der Waals surface area (Å²) < 4.78 is 1.93. The standard InChI is InChI=1S/C13H24N4/c1-13(2,3)11-4-5-16(9-11)6-7-17-10-12(14)8-15-17/h8,10-11H,4-7,9,14H2,1-3H3. The van der Waals surface area contributed by atoms with E-state index < -0.39 is 0 Å². The molecule has 0 bridgehead atoms. The van der Waals surface area contributed by atoms with Crippen molar-refractivity contribution >= 4 is 5.69 Å². The summed E-state index contributed by atoms with van der Waals surface area (Å²) in [7, 11) is 0. The monoisotopic (exact) mass is 236 g/mol. The second kappa shape index (κ2) is 4.69. The average Bonchev–Trinajstić information content (AvgIpc) is 2.82. The van der Waals surface area contributed by atoms with Crippen LogP contribution in [0, 0.1) is 11.3 Å². The van der Waals surface area contributed by atoms with E-state index in [2.05, 4.69) is 30.8 Å². The lowest BCUT2D eigenvalue weighted by molar-refractivity contribution is 0.225. The topological polar surface area (TPSA) is 47.1 Å². The first-order valence-corrected chi connectivity index (χ1v) is 6.45. The van der Waals surface area contributed by atoms with Gasteiger partial charge < -0.3 is 10.6 Å². The number of aromatic nitrogens is 2. The van der Waals surface area contributed by atoms with Gasteiger partial charge in [-0.25, -0.2) is 0 Å². The highest BCUT2D eigenvalue weighted by atomic mass is 15.3. The largest absolute Gasteiger partial charge is 0.396 e. The van der Waals surface area contributed by atoms with E-state index in [1.165, 1.54) is 19.5 Å². The Morgan fingerprint density at radius 1 is 1.41 bits per heavy atom. The highest BCUT2D eigenvalue weighted by Gasteiger charge is 2.31. The van der Waals surface area contributed by atoms with Crippen LogP contribution in [-0.2, 0) is 6.54 Å². The van der Waals surface area contributed by atoms with Crippen LogP contribution < -0.4 is 5.73 Å². The molecule has 0 aliphatic carbocycles. The predicted molar refractivity (Wildman–Crippen MR) is 70.6 cm³/mol. The van der Waals surface area contributed by atoms with E-state index >= 15 is 0 Å². The number of likely N-dealkylation sites (tertiary alicyclic amines) is 1. The summed E-state index contributed by atoms with van der Waals surface area (Å²) in [6.45, 7) is 11.5. The van der Waals surface area contributed by atoms with Gasteiger partial charge in [0.25, 0.3) is 0 Å². The van der Waals surface area contributed by atoms with E-state index in [-0.39, 0.29) is 0 Å². The summed E-state index contributed by atoms with van der Waals surface area (Å²) in [5.41, 5.74) is 6.83. The molecular formula is C13H24N4. The molecule has 2 N–H and O–H groups in total. The molecule has 4 heteroatoms. The molecule has 0 radical (unpaired) electrons. The Morgan fingerprint density at radius 2 is 2.18 bits per heavy atom. The van der Waals surface area contributed by atoms with Crippen molar-refractivity contribution in [1.82, 2.24) is 14.7 Å². The Morgan fingerprint density at radius 3 is 2.71 bits per heavy atom. The molecule has 0 aromatic carbocycles. The fourth-order valence-corrected chi connectivity index (χ4v) is 2.49. The number of nitrogens with two attached hydrogens (primary N) is 1. The molecule has 1 fully saturated rings. The van der Waals surface area contributed by atoms with Crippen molar-refractivity contribution in [2.75, 3.05) is 25.4 Å². The smallest absolute Gasteiger partial charge is 0.0719 e. The predicted octanol–water partition coefficient (Wildman–Crippen LogP) is 1.83. The zero-order valence-corrected chi connectivity index (χ0v) is 11.2. The van der Waals surface area contributed by atoms with Gasteiger partial charge in [-0.1, -0.05) is 20.8 Å². The van der Waals surface area contributed by atoms with Crippen molar-refractivity contribution in [2.45, 2.75) is 33.7 Å². The molecule has 17 heavy (non-hydrogen) atoms. The minimum absolute atomic E-state index is 0.435. The summed E-state index contributed by atoms with van der Waals surface area (Å²) in [6, 6.07) is 0. The normalized spacial score (nSPS) is 22.2.